The van der Waals surface area contributed by atoms with Crippen LogP contribution in [0.4, 0.5) is 0 Å². The Balaban J connectivity index is 1.21. The van der Waals surface area contributed by atoms with Crippen molar-refractivity contribution >= 4 is 0 Å². The SMILES string of the molecule is C[N@@+]1(CC2CC2)[C@@H]2C13C[C@]14c5c3ccc(O)c5O[C@H]1CCC[C@@]24OCCCc1ccccc1. The van der Waals surface area contributed by atoms with Crippen molar-refractivity contribution in [3.8, 4) is 11.5 Å². The number of nitrogens with zero attached hydrogens (tertiary/aromatic N) is 1. The summed E-state index contributed by atoms with van der Waals surface area (Å²) in [6, 6.07) is 15.5. The third-order valence-corrected chi connectivity index (χ3v) is 10.6. The molecule has 1 N–H and O–H groups in total. The minimum absolute atomic E-state index is 0.0621. The number of fused-ring (bicyclic) bond motifs is 1. The van der Waals surface area contributed by atoms with Crippen LogP contribution in [0.1, 0.15) is 61.6 Å². The van der Waals surface area contributed by atoms with Crippen molar-refractivity contribution in [2.45, 2.75) is 80.1 Å². The number of piperidine rings is 1. The Morgan fingerprint density at radius 3 is 2.79 bits per heavy atom. The van der Waals surface area contributed by atoms with Crippen LogP contribution in [-0.4, -0.2) is 47.5 Å². The number of benzene rings is 2. The number of hydrogen-bond acceptors (Lipinski definition) is 3. The first-order chi connectivity index (χ1) is 16.1. The zero-order valence-corrected chi connectivity index (χ0v) is 19.6. The van der Waals surface area contributed by atoms with Crippen LogP contribution in [0.15, 0.2) is 42.5 Å². The summed E-state index contributed by atoms with van der Waals surface area (Å²) in [5.41, 5.74) is 4.17. The van der Waals surface area contributed by atoms with Crippen LogP contribution in [0, 0.1) is 5.92 Å². The third-order valence-electron chi connectivity index (χ3n) is 10.6. The lowest BCUT2D eigenvalue weighted by atomic mass is 9.59. The molecule has 4 nitrogen and oxygen atoms in total. The highest BCUT2D eigenvalue weighted by Gasteiger charge is 2.99. The highest BCUT2D eigenvalue weighted by molar-refractivity contribution is 5.69. The molecule has 0 radical (unpaired) electrons. The molecule has 8 rings (SSSR count). The van der Waals surface area contributed by atoms with Gasteiger partial charge in [0.2, 0.25) is 0 Å². The Labute approximate surface area is 196 Å². The monoisotopic (exact) mass is 444 g/mol. The van der Waals surface area contributed by atoms with E-state index in [0.29, 0.717) is 11.8 Å². The highest BCUT2D eigenvalue weighted by atomic mass is 16.5. The van der Waals surface area contributed by atoms with E-state index < -0.39 is 0 Å². The van der Waals surface area contributed by atoms with E-state index in [0.717, 1.165) is 61.3 Å². The quantitative estimate of drug-likeness (QED) is 0.378. The molecule has 172 valence electrons. The number of likely N-dealkylation sites (N-methyl/N-ethyl adjacent to an activating group) is 1. The standard InChI is InChI=1S/C29H33NO3/c1-30(17-20-11-12-20)26-28(30)18-27-23(33-25-22(31)14-13-21(28)24(25)27)10-5-15-29(26,27)32-16-6-9-19-7-3-2-4-8-19/h2-4,7-8,13-14,20,23,26H,5-6,9-12,15-18H2,1H3/p+1/t23-,26+,27+,28?,29+,30+/m0/s1. The van der Waals surface area contributed by atoms with Crippen molar-refractivity contribution < 1.29 is 19.1 Å². The summed E-state index contributed by atoms with van der Waals surface area (Å²) >= 11 is 0. The van der Waals surface area contributed by atoms with Gasteiger partial charge in [0.1, 0.15) is 11.7 Å². The maximum Gasteiger partial charge on any atom is 0.182 e. The first-order valence-corrected chi connectivity index (χ1v) is 13.1. The lowest BCUT2D eigenvalue weighted by Gasteiger charge is -2.50. The summed E-state index contributed by atoms with van der Waals surface area (Å²) in [6.07, 6.45) is 9.60. The van der Waals surface area contributed by atoms with Crippen LogP contribution in [-0.2, 0) is 22.1 Å². The number of ether oxygens (including phenoxy) is 2. The summed E-state index contributed by atoms with van der Waals surface area (Å²) < 4.78 is 14.9. The fourth-order valence-corrected chi connectivity index (χ4v) is 9.49. The molecule has 3 saturated carbocycles. The van der Waals surface area contributed by atoms with Crippen molar-refractivity contribution in [1.29, 1.82) is 0 Å². The van der Waals surface area contributed by atoms with Crippen molar-refractivity contribution in [3.63, 3.8) is 0 Å². The lowest BCUT2D eigenvalue weighted by Crippen LogP contribution is -2.64. The zero-order valence-electron chi connectivity index (χ0n) is 19.6. The number of aromatic hydroxyl groups is 1. The number of hydrogen-bond donors (Lipinski definition) is 1. The molecule has 2 aromatic rings. The van der Waals surface area contributed by atoms with Crippen LogP contribution in [0.25, 0.3) is 0 Å². The molecule has 2 heterocycles. The van der Waals surface area contributed by atoms with Crippen LogP contribution in [0.2, 0.25) is 0 Å². The molecule has 1 saturated heterocycles. The van der Waals surface area contributed by atoms with E-state index in [2.05, 4.69) is 43.4 Å². The van der Waals surface area contributed by atoms with Gasteiger partial charge < -0.3 is 19.1 Å². The van der Waals surface area contributed by atoms with Crippen LogP contribution in [0.3, 0.4) is 0 Å². The minimum atomic E-state index is -0.151. The molecule has 6 aliphatic rings. The number of likely N-dealkylation sites (tertiary alicyclic amines) is 1. The summed E-state index contributed by atoms with van der Waals surface area (Å²) in [5, 5.41) is 10.8. The number of phenolic OH excluding ortho intramolecular Hbond substituents is 1. The minimum Gasteiger partial charge on any atom is -0.504 e. The molecular formula is C29H34NO3+. The number of quaternary nitrogens is 1. The van der Waals surface area contributed by atoms with Crippen molar-refractivity contribution in [1.82, 2.24) is 0 Å². The van der Waals surface area contributed by atoms with E-state index in [1.54, 1.807) is 0 Å². The van der Waals surface area contributed by atoms with Gasteiger partial charge in [-0.2, -0.15) is 0 Å². The smallest absolute Gasteiger partial charge is 0.182 e. The van der Waals surface area contributed by atoms with Gasteiger partial charge in [-0.25, -0.2) is 0 Å². The second kappa shape index (κ2) is 5.95. The van der Waals surface area contributed by atoms with Gasteiger partial charge in [-0.3, -0.25) is 0 Å². The van der Waals surface area contributed by atoms with Gasteiger partial charge >= 0.3 is 0 Å². The summed E-state index contributed by atoms with van der Waals surface area (Å²) in [4.78, 5) is 0. The number of aryl methyl sites for hydroxylation is 1. The maximum absolute atomic E-state index is 10.8. The molecular weight excluding hydrogens is 410 g/mol. The molecule has 2 bridgehead atoms. The van der Waals surface area contributed by atoms with E-state index in [-0.39, 0.29) is 22.7 Å². The van der Waals surface area contributed by atoms with Crippen molar-refractivity contribution in [2.75, 3.05) is 20.2 Å². The molecule has 2 aliphatic heterocycles. The largest absolute Gasteiger partial charge is 0.504 e. The Kier molecular flexibility index (Phi) is 3.48. The molecule has 4 fully saturated rings. The predicted molar refractivity (Wildman–Crippen MR) is 125 cm³/mol. The van der Waals surface area contributed by atoms with Gasteiger partial charge in [-0.1, -0.05) is 30.3 Å². The van der Waals surface area contributed by atoms with Gasteiger partial charge in [-0.15, -0.1) is 0 Å². The molecule has 0 amide bonds. The normalized spacial score (nSPS) is 42.7. The summed E-state index contributed by atoms with van der Waals surface area (Å²) in [6.45, 7) is 2.10. The van der Waals surface area contributed by atoms with Crippen molar-refractivity contribution in [2.24, 2.45) is 5.92 Å². The van der Waals surface area contributed by atoms with Gasteiger partial charge in [0, 0.05) is 30.1 Å². The van der Waals surface area contributed by atoms with Crippen LogP contribution < -0.4 is 4.74 Å². The topological polar surface area (TPSA) is 38.7 Å². The number of rotatable bonds is 7. The highest BCUT2D eigenvalue weighted by Crippen LogP contribution is 2.85. The van der Waals surface area contributed by atoms with Gasteiger partial charge in [0.15, 0.2) is 23.1 Å². The van der Waals surface area contributed by atoms with E-state index in [9.17, 15) is 5.11 Å². The Morgan fingerprint density at radius 1 is 1.12 bits per heavy atom. The third kappa shape index (κ3) is 2.01. The van der Waals surface area contributed by atoms with E-state index in [4.69, 9.17) is 9.47 Å². The Hall–Kier alpha value is -2.04. The molecule has 4 heteroatoms. The molecule has 2 spiro atoms. The Bertz CT molecular complexity index is 1160. The van der Waals surface area contributed by atoms with Crippen LogP contribution in [0.5, 0.6) is 11.5 Å². The fraction of sp³-hybridized carbons (Fsp3) is 0.586. The molecule has 1 unspecified atom stereocenters. The van der Waals surface area contributed by atoms with E-state index in [1.807, 2.05) is 6.07 Å². The van der Waals surface area contributed by atoms with E-state index >= 15 is 0 Å². The zero-order chi connectivity index (χ0) is 22.1. The van der Waals surface area contributed by atoms with Crippen molar-refractivity contribution in [3.05, 3.63) is 59.2 Å². The second-order valence-corrected chi connectivity index (χ2v) is 12.0. The lowest BCUT2D eigenvalue weighted by molar-refractivity contribution is -0.837. The first-order valence-electron chi connectivity index (χ1n) is 13.1. The molecule has 6 atom stereocenters. The fourth-order valence-electron chi connectivity index (χ4n) is 9.49. The molecule has 33 heavy (non-hydrogen) atoms. The first kappa shape index (κ1) is 19.3. The van der Waals surface area contributed by atoms with Crippen LogP contribution >= 0.6 is 0 Å². The average Bonchev–Trinajstić information content (AvgIpc) is 3.58. The number of phenols is 1. The van der Waals surface area contributed by atoms with E-state index in [1.165, 1.54) is 36.1 Å². The van der Waals surface area contributed by atoms with Gasteiger partial charge in [-0.05, 0) is 62.6 Å². The summed E-state index contributed by atoms with van der Waals surface area (Å²) in [5.74, 6) is 2.00. The van der Waals surface area contributed by atoms with Gasteiger partial charge in [0.25, 0.3) is 0 Å². The summed E-state index contributed by atoms with van der Waals surface area (Å²) in [7, 11) is 2.52. The molecule has 2 aromatic carbocycles. The average molecular weight is 445 g/mol. The van der Waals surface area contributed by atoms with Gasteiger partial charge in [0.05, 0.1) is 19.0 Å². The maximum atomic E-state index is 10.8. The Morgan fingerprint density at radius 2 is 1.97 bits per heavy atom. The predicted octanol–water partition coefficient (Wildman–Crippen LogP) is 4.81. The molecule has 4 aliphatic carbocycles. The second-order valence-electron chi connectivity index (χ2n) is 12.0. The molecule has 0 aromatic heterocycles.